The number of halogens is 12. The van der Waals surface area contributed by atoms with Crippen molar-refractivity contribution in [3.8, 4) is 33.8 Å². The molecule has 2 fully saturated rings. The molecule has 0 bridgehead atoms. The summed E-state index contributed by atoms with van der Waals surface area (Å²) in [5.41, 5.74) is -2.52. The Morgan fingerprint density at radius 1 is 0.532 bits per heavy atom. The lowest BCUT2D eigenvalue weighted by atomic mass is 9.99. The van der Waals surface area contributed by atoms with Gasteiger partial charge in [0.05, 0.1) is 42.3 Å². The van der Waals surface area contributed by atoms with Gasteiger partial charge in [-0.3, -0.25) is 34.3 Å². The van der Waals surface area contributed by atoms with Crippen LogP contribution in [0.2, 0.25) is 5.15 Å². The van der Waals surface area contributed by atoms with Gasteiger partial charge in [-0.2, -0.15) is 39.5 Å². The number of carbonyl (C=O) groups is 4. The highest BCUT2D eigenvalue weighted by molar-refractivity contribution is 6.29. The Morgan fingerprint density at radius 2 is 0.857 bits per heavy atom. The Kier molecular flexibility index (Phi) is 18.1. The highest BCUT2D eigenvalue weighted by Gasteiger charge is 2.43. The number of hydrogen-bond acceptors (Lipinski definition) is 11. The van der Waals surface area contributed by atoms with Crippen LogP contribution >= 0.6 is 11.6 Å². The van der Waals surface area contributed by atoms with Crippen LogP contribution in [0.15, 0.2) is 79.3 Å². The fourth-order valence-corrected chi connectivity index (χ4v) is 8.33. The van der Waals surface area contributed by atoms with Crippen molar-refractivity contribution in [2.24, 2.45) is 0 Å². The van der Waals surface area contributed by atoms with Crippen LogP contribution in [0.5, 0.6) is 0 Å². The molecule has 0 aromatic carbocycles. The van der Waals surface area contributed by atoms with Crippen LogP contribution in [0.1, 0.15) is 95.4 Å². The van der Waals surface area contributed by atoms with Crippen LogP contribution in [0.4, 0.5) is 57.9 Å². The molecular weight excluding hydrogens is 1060 g/mol. The molecule has 0 radical (unpaired) electrons. The first-order valence-corrected chi connectivity index (χ1v) is 24.1. The van der Waals surface area contributed by atoms with E-state index in [0.29, 0.717) is 22.4 Å². The van der Waals surface area contributed by atoms with E-state index in [4.69, 9.17) is 21.1 Å². The van der Waals surface area contributed by atoms with Crippen LogP contribution in [0.25, 0.3) is 33.8 Å². The smallest absolute Gasteiger partial charge is 0.433 e. The molecule has 0 saturated carbocycles. The number of amides is 2. The van der Waals surface area contributed by atoms with Gasteiger partial charge in [0.2, 0.25) is 0 Å². The van der Waals surface area contributed by atoms with Crippen LogP contribution in [0.3, 0.4) is 0 Å². The standard InChI is InChI=1S/C29H27F7N4O3.C23H24ClF4N3O3/c1-27(2,3)43-26(42)40-15-19(30)12-22(40)23(41)7-4-16-10-20(17-5-8-24(37-13-17)28(31,32)33)39-21(11-16)18-6-9-25(38-14-18)29(34,35)36;1-22(2,3)34-21(33)31-12-15(25)10-17(31)18(32)6-4-13-8-16(30-20(24)9-13)14-5-7-19(29-11-14)23(26,27)28/h5-6,8-11,13-14,19,22H,4,7,12,15H2,1-3H3;5,7-9,11,15,17H,4,6,10,12H2,1-3H3/t19-,22+;15-,17+/m11/s1. The van der Waals surface area contributed by atoms with Crippen molar-refractivity contribution < 1.29 is 76.9 Å². The third-order valence-electron chi connectivity index (χ3n) is 11.6. The van der Waals surface area contributed by atoms with Crippen molar-refractivity contribution in [1.29, 1.82) is 0 Å². The molecule has 4 atom stereocenters. The largest absolute Gasteiger partial charge is 0.444 e. The van der Waals surface area contributed by atoms with E-state index in [2.05, 4.69) is 24.9 Å². The summed E-state index contributed by atoms with van der Waals surface area (Å²) in [7, 11) is 0. The van der Waals surface area contributed by atoms with Crippen molar-refractivity contribution in [3.05, 3.63) is 113 Å². The maximum Gasteiger partial charge on any atom is 0.433 e. The van der Waals surface area contributed by atoms with Gasteiger partial charge in [-0.1, -0.05) is 11.6 Å². The van der Waals surface area contributed by atoms with Crippen molar-refractivity contribution in [1.82, 2.24) is 34.7 Å². The van der Waals surface area contributed by atoms with E-state index in [1.807, 2.05) is 0 Å². The number of hydrogen-bond donors (Lipinski definition) is 0. The second-order valence-corrected chi connectivity index (χ2v) is 20.5. The van der Waals surface area contributed by atoms with Gasteiger partial charge in [0, 0.05) is 61.0 Å². The number of ether oxygens (including phenoxy) is 2. The monoisotopic (exact) mass is 1110 g/mol. The Balaban J connectivity index is 0.000000257. The molecule has 2 aliphatic heterocycles. The zero-order valence-electron chi connectivity index (χ0n) is 42.1. The topological polar surface area (TPSA) is 158 Å². The molecule has 2 aliphatic rings. The Labute approximate surface area is 439 Å². The summed E-state index contributed by atoms with van der Waals surface area (Å²) in [6.07, 6.45) is -15.4. The second-order valence-electron chi connectivity index (χ2n) is 20.1. The SMILES string of the molecule is CC(C)(C)OC(=O)N1C[C@H](F)C[C@H]1C(=O)CCc1cc(-c2ccc(C(F)(F)F)nc2)nc(-c2ccc(C(F)(F)F)nc2)c1.CC(C)(C)OC(=O)N1C[C@H](F)C[C@H]1C(=O)CCc1cc(Cl)nc(-c2ccc(C(F)(F)F)nc2)c1. The van der Waals surface area contributed by atoms with E-state index in [0.717, 1.165) is 58.7 Å². The van der Waals surface area contributed by atoms with Gasteiger partial charge in [-0.25, -0.2) is 28.3 Å². The zero-order valence-corrected chi connectivity index (χ0v) is 42.8. The molecule has 5 aromatic rings. The highest BCUT2D eigenvalue weighted by Crippen LogP contribution is 2.34. The minimum absolute atomic E-state index is 0.00171. The molecule has 414 valence electrons. The van der Waals surface area contributed by atoms with E-state index >= 15 is 0 Å². The number of alkyl halides is 11. The number of aromatic nitrogens is 5. The molecule has 0 spiro atoms. The summed E-state index contributed by atoms with van der Waals surface area (Å²) >= 11 is 6.08. The molecule has 2 saturated heterocycles. The number of Topliss-reactive ketones (excluding diaryl/α,β-unsaturated/α-hetero) is 2. The Morgan fingerprint density at radius 3 is 1.16 bits per heavy atom. The molecular formula is C52H51ClF11N7O6. The Bertz CT molecular complexity index is 2840. The molecule has 7 heterocycles. The lowest BCUT2D eigenvalue weighted by Crippen LogP contribution is -2.43. The first-order chi connectivity index (χ1) is 35.6. The number of carbonyl (C=O) groups excluding carboxylic acids is 4. The summed E-state index contributed by atoms with van der Waals surface area (Å²) in [6, 6.07) is 10.1. The van der Waals surface area contributed by atoms with Gasteiger partial charge in [-0.05, 0) is 126 Å². The van der Waals surface area contributed by atoms with E-state index in [-0.39, 0.29) is 85.1 Å². The minimum atomic E-state index is -4.67. The van der Waals surface area contributed by atoms with Crippen LogP contribution in [0, 0.1) is 0 Å². The lowest BCUT2D eigenvalue weighted by Gasteiger charge is -2.27. The quantitative estimate of drug-likeness (QED) is 0.0915. The number of rotatable bonds is 11. The molecule has 0 aliphatic carbocycles. The molecule has 0 N–H and O–H groups in total. The second kappa shape index (κ2) is 23.4. The fourth-order valence-electron chi connectivity index (χ4n) is 8.10. The van der Waals surface area contributed by atoms with E-state index < -0.39 is 89.2 Å². The maximum atomic E-state index is 14.3. The van der Waals surface area contributed by atoms with Gasteiger partial charge < -0.3 is 9.47 Å². The molecule has 2 amide bonds. The van der Waals surface area contributed by atoms with Crippen molar-refractivity contribution in [2.45, 2.75) is 134 Å². The fraction of sp³-hybridized carbons (Fsp3) is 0.442. The third-order valence-corrected chi connectivity index (χ3v) is 11.8. The molecule has 5 aromatic heterocycles. The van der Waals surface area contributed by atoms with Crippen molar-refractivity contribution >= 4 is 35.4 Å². The summed E-state index contributed by atoms with van der Waals surface area (Å²) in [4.78, 5) is 72.0. The number of nitrogens with zero attached hydrogens (tertiary/aromatic N) is 7. The summed E-state index contributed by atoms with van der Waals surface area (Å²) in [5.74, 6) is -0.755. The third kappa shape index (κ3) is 16.6. The van der Waals surface area contributed by atoms with Crippen molar-refractivity contribution in [2.75, 3.05) is 13.1 Å². The lowest BCUT2D eigenvalue weighted by molar-refractivity contribution is -0.141. The first kappa shape index (κ1) is 59.4. The number of ketones is 2. The number of aryl methyl sites for hydroxylation is 2. The van der Waals surface area contributed by atoms with Gasteiger partial charge in [0.25, 0.3) is 0 Å². The van der Waals surface area contributed by atoms with Crippen LogP contribution < -0.4 is 0 Å². The van der Waals surface area contributed by atoms with E-state index in [1.165, 1.54) is 24.3 Å². The molecule has 13 nitrogen and oxygen atoms in total. The predicted molar refractivity (Wildman–Crippen MR) is 257 cm³/mol. The molecule has 7 rings (SSSR count). The van der Waals surface area contributed by atoms with Gasteiger partial charge in [0.15, 0.2) is 11.6 Å². The van der Waals surface area contributed by atoms with Crippen LogP contribution in [-0.2, 0) is 50.4 Å². The summed E-state index contributed by atoms with van der Waals surface area (Å²) < 4.78 is 155. The normalized spacial score (nSPS) is 18.2. The van der Waals surface area contributed by atoms with Gasteiger partial charge >= 0.3 is 30.7 Å². The maximum absolute atomic E-state index is 14.3. The molecule has 77 heavy (non-hydrogen) atoms. The first-order valence-electron chi connectivity index (χ1n) is 23.7. The highest BCUT2D eigenvalue weighted by atomic mass is 35.5. The zero-order chi connectivity index (χ0) is 57.0. The average Bonchev–Trinajstić information content (AvgIpc) is 3.93. The van der Waals surface area contributed by atoms with Crippen LogP contribution in [-0.4, -0.2) is 107 Å². The molecule has 0 unspecified atom stereocenters. The number of pyridine rings is 5. The van der Waals surface area contributed by atoms with Gasteiger partial charge in [-0.15, -0.1) is 0 Å². The Hall–Kier alpha value is -6.85. The van der Waals surface area contributed by atoms with E-state index in [1.54, 1.807) is 47.6 Å². The van der Waals surface area contributed by atoms with E-state index in [9.17, 15) is 67.5 Å². The molecule has 25 heteroatoms. The van der Waals surface area contributed by atoms with Crippen molar-refractivity contribution in [3.63, 3.8) is 0 Å². The summed E-state index contributed by atoms with van der Waals surface area (Å²) in [5, 5.41) is 0.0971. The average molecular weight is 1110 g/mol. The van der Waals surface area contributed by atoms with Gasteiger partial charge in [0.1, 0.15) is 45.8 Å². The predicted octanol–water partition coefficient (Wildman–Crippen LogP) is 12.8. The minimum Gasteiger partial charge on any atom is -0.444 e. The summed E-state index contributed by atoms with van der Waals surface area (Å²) in [6.45, 7) is 9.46. The number of likely N-dealkylation sites (tertiary alicyclic amines) is 2.